The van der Waals surface area contributed by atoms with E-state index in [1.54, 1.807) is 6.20 Å². The van der Waals surface area contributed by atoms with Gasteiger partial charge in [0.2, 0.25) is 5.69 Å². The number of para-hydroxylation sites is 1. The molecule has 0 saturated heterocycles. The molecule has 2 N–H and O–H groups in total. The first kappa shape index (κ1) is 14.6. The van der Waals surface area contributed by atoms with E-state index in [0.29, 0.717) is 0 Å². The fraction of sp³-hybridized carbons (Fsp3) is 0.214. The molecule has 1 aromatic heterocycles. The van der Waals surface area contributed by atoms with E-state index in [2.05, 4.69) is 5.10 Å². The molecule has 0 aliphatic carbocycles. The topological polar surface area (TPSA) is 96.4 Å². The summed E-state index contributed by atoms with van der Waals surface area (Å²) in [6.07, 6.45) is 0.519. The third-order valence-corrected chi connectivity index (χ3v) is 2.80. The third-order valence-electron chi connectivity index (χ3n) is 2.80. The molecule has 0 saturated carbocycles. The van der Waals surface area contributed by atoms with Crippen LogP contribution in [0.15, 0.2) is 36.5 Å². The molecule has 0 radical (unpaired) electrons. The van der Waals surface area contributed by atoms with E-state index < -0.39 is 18.0 Å². The second-order valence-electron chi connectivity index (χ2n) is 4.28. The summed E-state index contributed by atoms with van der Waals surface area (Å²) in [4.78, 5) is 22.9. The molecule has 7 nitrogen and oxygen atoms in total. The maximum absolute atomic E-state index is 12.0. The first-order valence-corrected chi connectivity index (χ1v) is 6.22. The number of primary amides is 1. The largest absolute Gasteiger partial charge is 0.493 e. The minimum atomic E-state index is -1.04. The highest BCUT2D eigenvalue weighted by Crippen LogP contribution is 2.20. The lowest BCUT2D eigenvalue weighted by molar-refractivity contribution is -0.125. The van der Waals surface area contributed by atoms with Crippen LogP contribution in [-0.4, -0.2) is 34.9 Å². The Bertz CT molecular complexity index is 651. The third kappa shape index (κ3) is 3.19. The average Bonchev–Trinajstić information content (AvgIpc) is 2.92. The van der Waals surface area contributed by atoms with E-state index in [9.17, 15) is 9.59 Å². The van der Waals surface area contributed by atoms with Gasteiger partial charge in [-0.1, -0.05) is 18.2 Å². The van der Waals surface area contributed by atoms with Gasteiger partial charge >= 0.3 is 5.97 Å². The number of amides is 1. The Labute approximate surface area is 121 Å². The van der Waals surface area contributed by atoms with Crippen LogP contribution in [0.25, 0.3) is 5.69 Å². The highest BCUT2D eigenvalue weighted by atomic mass is 16.5. The van der Waals surface area contributed by atoms with E-state index >= 15 is 0 Å². The van der Waals surface area contributed by atoms with Crippen LogP contribution >= 0.6 is 0 Å². The zero-order valence-electron chi connectivity index (χ0n) is 11.6. The number of hydrogen-bond acceptors (Lipinski definition) is 5. The molecule has 0 spiro atoms. The second kappa shape index (κ2) is 6.08. The number of aromatic nitrogens is 2. The van der Waals surface area contributed by atoms with Crippen molar-refractivity contribution in [2.24, 2.45) is 5.73 Å². The summed E-state index contributed by atoms with van der Waals surface area (Å²) >= 11 is 0. The maximum atomic E-state index is 12.0. The summed E-state index contributed by atoms with van der Waals surface area (Å²) in [7, 11) is 1.42. The average molecular weight is 289 g/mol. The van der Waals surface area contributed by atoms with Crippen molar-refractivity contribution in [3.63, 3.8) is 0 Å². The van der Waals surface area contributed by atoms with E-state index in [1.807, 2.05) is 30.3 Å². The molecule has 21 heavy (non-hydrogen) atoms. The van der Waals surface area contributed by atoms with Crippen molar-refractivity contribution in [3.05, 3.63) is 42.2 Å². The van der Waals surface area contributed by atoms with Gasteiger partial charge in [-0.25, -0.2) is 9.48 Å². The lowest BCUT2D eigenvalue weighted by Gasteiger charge is -2.08. The molecule has 0 aliphatic rings. The van der Waals surface area contributed by atoms with Crippen LogP contribution in [0.3, 0.4) is 0 Å². The molecule has 1 amide bonds. The van der Waals surface area contributed by atoms with Gasteiger partial charge < -0.3 is 15.2 Å². The Morgan fingerprint density at radius 3 is 2.52 bits per heavy atom. The van der Waals surface area contributed by atoms with Crippen LogP contribution in [0.5, 0.6) is 5.75 Å². The maximum Gasteiger partial charge on any atom is 0.363 e. The first-order chi connectivity index (χ1) is 10.0. The zero-order valence-corrected chi connectivity index (χ0v) is 11.6. The van der Waals surface area contributed by atoms with Crippen molar-refractivity contribution in [1.29, 1.82) is 0 Å². The van der Waals surface area contributed by atoms with Crippen molar-refractivity contribution in [3.8, 4) is 11.4 Å². The minimum Gasteiger partial charge on any atom is -0.493 e. The highest BCUT2D eigenvalue weighted by Gasteiger charge is 2.23. The van der Waals surface area contributed by atoms with Gasteiger partial charge in [0.15, 0.2) is 11.9 Å². The number of nitrogens with two attached hydrogens (primary N) is 1. The smallest absolute Gasteiger partial charge is 0.363 e. The van der Waals surface area contributed by atoms with E-state index in [-0.39, 0.29) is 11.4 Å². The van der Waals surface area contributed by atoms with Crippen LogP contribution < -0.4 is 10.5 Å². The lowest BCUT2D eigenvalue weighted by atomic mass is 10.3. The van der Waals surface area contributed by atoms with Gasteiger partial charge in [-0.3, -0.25) is 4.79 Å². The minimum absolute atomic E-state index is 0.0190. The molecule has 0 bridgehead atoms. The molecule has 110 valence electrons. The lowest BCUT2D eigenvalue weighted by Crippen LogP contribution is -2.30. The van der Waals surface area contributed by atoms with E-state index in [1.165, 1.54) is 18.7 Å². The summed E-state index contributed by atoms with van der Waals surface area (Å²) in [6, 6.07) is 9.21. The summed E-state index contributed by atoms with van der Waals surface area (Å²) in [6.45, 7) is 1.39. The van der Waals surface area contributed by atoms with Gasteiger partial charge in [-0.15, -0.1) is 0 Å². The molecule has 0 fully saturated rings. The molecular formula is C14H15N3O4. The highest BCUT2D eigenvalue weighted by molar-refractivity contribution is 5.92. The monoisotopic (exact) mass is 289 g/mol. The second-order valence-corrected chi connectivity index (χ2v) is 4.28. The first-order valence-electron chi connectivity index (χ1n) is 6.22. The number of hydrogen-bond donors (Lipinski definition) is 1. The summed E-state index contributed by atoms with van der Waals surface area (Å²) in [5.41, 5.74) is 5.80. The van der Waals surface area contributed by atoms with Crippen LogP contribution in [0.2, 0.25) is 0 Å². The Balaban J connectivity index is 2.30. The number of esters is 1. The molecule has 7 heteroatoms. The Hall–Kier alpha value is -2.83. The zero-order chi connectivity index (χ0) is 15.4. The number of rotatable bonds is 5. The number of ether oxygens (including phenoxy) is 2. The van der Waals surface area contributed by atoms with Gasteiger partial charge in [0.1, 0.15) is 0 Å². The molecule has 1 aromatic carbocycles. The van der Waals surface area contributed by atoms with Gasteiger partial charge in [-0.2, -0.15) is 5.10 Å². The fourth-order valence-electron chi connectivity index (χ4n) is 1.64. The van der Waals surface area contributed by atoms with Crippen LogP contribution in [0, 0.1) is 0 Å². The summed E-state index contributed by atoms with van der Waals surface area (Å²) in [5, 5.41) is 4.13. The van der Waals surface area contributed by atoms with Crippen LogP contribution in [0.4, 0.5) is 0 Å². The van der Waals surface area contributed by atoms with Crippen molar-refractivity contribution in [2.75, 3.05) is 7.11 Å². The molecule has 1 atom stereocenters. The summed E-state index contributed by atoms with van der Waals surface area (Å²) in [5.74, 6) is -1.25. The SMILES string of the molecule is COc1cn(-c2ccccc2)nc1C(=O)O[C@@H](C)C(N)=O. The van der Waals surface area contributed by atoms with Crippen molar-refractivity contribution < 1.29 is 19.1 Å². The molecular weight excluding hydrogens is 274 g/mol. The molecule has 2 rings (SSSR count). The Morgan fingerprint density at radius 1 is 1.29 bits per heavy atom. The van der Waals surface area contributed by atoms with Crippen LogP contribution in [-0.2, 0) is 9.53 Å². The standard InChI is InChI=1S/C14H15N3O4/c1-9(13(15)18)21-14(19)12-11(20-2)8-17(16-12)10-6-4-3-5-7-10/h3-9H,1-2H3,(H2,15,18)/t9-/m0/s1. The molecule has 0 aliphatic heterocycles. The summed E-state index contributed by atoms with van der Waals surface area (Å²) < 4.78 is 11.5. The predicted molar refractivity (Wildman–Crippen MR) is 74.2 cm³/mol. The normalized spacial score (nSPS) is 11.7. The van der Waals surface area contributed by atoms with Gasteiger partial charge in [0, 0.05) is 0 Å². The van der Waals surface area contributed by atoms with Crippen molar-refractivity contribution in [2.45, 2.75) is 13.0 Å². The van der Waals surface area contributed by atoms with Crippen molar-refractivity contribution in [1.82, 2.24) is 9.78 Å². The van der Waals surface area contributed by atoms with E-state index in [0.717, 1.165) is 5.69 Å². The van der Waals surface area contributed by atoms with Crippen molar-refractivity contribution >= 4 is 11.9 Å². The van der Waals surface area contributed by atoms with Gasteiger partial charge in [0.05, 0.1) is 19.0 Å². The molecule has 2 aromatic rings. The Morgan fingerprint density at radius 2 is 1.95 bits per heavy atom. The number of methoxy groups -OCH3 is 1. The number of nitrogens with zero attached hydrogens (tertiary/aromatic N) is 2. The van der Waals surface area contributed by atoms with Gasteiger partial charge in [-0.05, 0) is 19.1 Å². The van der Waals surface area contributed by atoms with Gasteiger partial charge in [0.25, 0.3) is 5.91 Å². The number of carbonyl (C=O) groups excluding carboxylic acids is 2. The Kier molecular flexibility index (Phi) is 4.22. The fourth-order valence-corrected chi connectivity index (χ4v) is 1.64. The molecule has 0 unspecified atom stereocenters. The van der Waals surface area contributed by atoms with Crippen LogP contribution in [0.1, 0.15) is 17.4 Å². The molecule has 1 heterocycles. The number of benzene rings is 1. The number of carbonyl (C=O) groups is 2. The van der Waals surface area contributed by atoms with E-state index in [4.69, 9.17) is 15.2 Å². The quantitative estimate of drug-likeness (QED) is 0.825. The predicted octanol–water partition coefficient (Wildman–Crippen LogP) is 0.911.